The van der Waals surface area contributed by atoms with Gasteiger partial charge in [0.05, 0.1) is 0 Å². The van der Waals surface area contributed by atoms with Crippen molar-refractivity contribution < 1.29 is 0 Å². The van der Waals surface area contributed by atoms with E-state index in [4.69, 9.17) is 5.26 Å². The number of halogens is 1. The Labute approximate surface area is 74.0 Å². The highest BCUT2D eigenvalue weighted by Gasteiger charge is 2.00. The molecular weight excluding hydrogens is 204 g/mol. The summed E-state index contributed by atoms with van der Waals surface area (Å²) in [5.74, 6) is 0. The van der Waals surface area contributed by atoms with Crippen LogP contribution in [-0.2, 0) is 5.33 Å². The van der Waals surface area contributed by atoms with Crippen LogP contribution in [0.1, 0.15) is 17.0 Å². The first kappa shape index (κ1) is 8.22. The van der Waals surface area contributed by atoms with Crippen molar-refractivity contribution in [1.82, 2.24) is 4.98 Å². The molecule has 0 atom stereocenters. The van der Waals surface area contributed by atoms with E-state index in [1.807, 2.05) is 25.1 Å². The summed E-state index contributed by atoms with van der Waals surface area (Å²) in [6.07, 6.45) is 0. The second-order valence-corrected chi connectivity index (χ2v) is 2.77. The van der Waals surface area contributed by atoms with E-state index >= 15 is 0 Å². The van der Waals surface area contributed by atoms with Crippen molar-refractivity contribution in [2.75, 3.05) is 0 Å². The maximum atomic E-state index is 8.64. The van der Waals surface area contributed by atoms with E-state index in [9.17, 15) is 0 Å². The number of rotatable bonds is 1. The van der Waals surface area contributed by atoms with E-state index in [-0.39, 0.29) is 0 Å². The van der Waals surface area contributed by atoms with Crippen LogP contribution in [0.5, 0.6) is 0 Å². The highest BCUT2D eigenvalue weighted by molar-refractivity contribution is 9.08. The third kappa shape index (κ3) is 1.78. The predicted octanol–water partition coefficient (Wildman–Crippen LogP) is 2.16. The Balaban J connectivity index is 3.19. The fourth-order valence-corrected chi connectivity index (χ4v) is 1.24. The normalized spacial score (nSPS) is 9.18. The number of nitriles is 1. The summed E-state index contributed by atoms with van der Waals surface area (Å²) < 4.78 is 0. The number of nitrogens with zero attached hydrogens (tertiary/aromatic N) is 2. The molecule has 0 bridgehead atoms. The molecule has 0 spiro atoms. The molecule has 0 radical (unpaired) electrons. The van der Waals surface area contributed by atoms with E-state index in [2.05, 4.69) is 20.9 Å². The van der Waals surface area contributed by atoms with E-state index < -0.39 is 0 Å². The molecule has 0 saturated heterocycles. The van der Waals surface area contributed by atoms with E-state index in [1.54, 1.807) is 0 Å². The van der Waals surface area contributed by atoms with Crippen molar-refractivity contribution in [3.05, 3.63) is 29.1 Å². The van der Waals surface area contributed by atoms with Crippen molar-refractivity contribution in [2.24, 2.45) is 0 Å². The van der Waals surface area contributed by atoms with Crippen LogP contribution in [0, 0.1) is 18.3 Å². The second-order valence-electron chi connectivity index (χ2n) is 2.21. The number of alkyl halides is 1. The van der Waals surface area contributed by atoms with Crippen LogP contribution in [0.25, 0.3) is 0 Å². The van der Waals surface area contributed by atoms with Crippen molar-refractivity contribution in [3.63, 3.8) is 0 Å². The van der Waals surface area contributed by atoms with Gasteiger partial charge in [0, 0.05) is 11.0 Å². The van der Waals surface area contributed by atoms with Crippen LogP contribution in [0.4, 0.5) is 0 Å². The van der Waals surface area contributed by atoms with Crippen LogP contribution < -0.4 is 0 Å². The van der Waals surface area contributed by atoms with Gasteiger partial charge in [-0.1, -0.05) is 22.0 Å². The SMILES string of the molecule is Cc1ccc(CBr)c(C#N)n1. The maximum Gasteiger partial charge on any atom is 0.144 e. The quantitative estimate of drug-likeness (QED) is 0.667. The Kier molecular flexibility index (Phi) is 2.61. The molecule has 1 heterocycles. The Hall–Kier alpha value is -0.880. The monoisotopic (exact) mass is 210 g/mol. The van der Waals surface area contributed by atoms with Gasteiger partial charge in [-0.3, -0.25) is 0 Å². The molecule has 11 heavy (non-hydrogen) atoms. The van der Waals surface area contributed by atoms with Gasteiger partial charge in [-0.05, 0) is 18.6 Å². The van der Waals surface area contributed by atoms with Crippen LogP contribution in [0.15, 0.2) is 12.1 Å². The van der Waals surface area contributed by atoms with Gasteiger partial charge in [-0.15, -0.1) is 0 Å². The number of aromatic nitrogens is 1. The zero-order chi connectivity index (χ0) is 8.27. The minimum absolute atomic E-state index is 0.516. The number of hydrogen-bond acceptors (Lipinski definition) is 2. The molecule has 0 fully saturated rings. The summed E-state index contributed by atoms with van der Waals surface area (Å²) in [6, 6.07) is 5.86. The Morgan fingerprint density at radius 3 is 2.91 bits per heavy atom. The fourth-order valence-electron chi connectivity index (χ4n) is 0.790. The molecule has 56 valence electrons. The molecule has 0 saturated carbocycles. The van der Waals surface area contributed by atoms with E-state index in [0.29, 0.717) is 11.0 Å². The molecule has 0 aliphatic heterocycles. The molecular formula is C8H7BrN2. The summed E-state index contributed by atoms with van der Waals surface area (Å²) in [4.78, 5) is 4.07. The third-order valence-corrected chi connectivity index (χ3v) is 1.97. The van der Waals surface area contributed by atoms with Crippen LogP contribution >= 0.6 is 15.9 Å². The number of pyridine rings is 1. The highest BCUT2D eigenvalue weighted by atomic mass is 79.9. The first-order valence-electron chi connectivity index (χ1n) is 3.20. The third-order valence-electron chi connectivity index (χ3n) is 1.37. The Bertz CT molecular complexity index is 301. The smallest absolute Gasteiger partial charge is 0.144 e. The van der Waals surface area contributed by atoms with Gasteiger partial charge < -0.3 is 0 Å². The lowest BCUT2D eigenvalue weighted by Crippen LogP contribution is -1.92. The Morgan fingerprint density at radius 1 is 1.64 bits per heavy atom. The zero-order valence-electron chi connectivity index (χ0n) is 6.13. The van der Waals surface area contributed by atoms with E-state index in [1.165, 1.54) is 0 Å². The van der Waals surface area contributed by atoms with Crippen molar-refractivity contribution in [3.8, 4) is 6.07 Å². The minimum atomic E-state index is 0.516. The van der Waals surface area contributed by atoms with Crippen molar-refractivity contribution >= 4 is 15.9 Å². The average Bonchev–Trinajstić information content (AvgIpc) is 2.04. The summed E-state index contributed by atoms with van der Waals surface area (Å²) >= 11 is 3.28. The predicted molar refractivity (Wildman–Crippen MR) is 46.3 cm³/mol. The zero-order valence-corrected chi connectivity index (χ0v) is 7.72. The van der Waals surface area contributed by atoms with Crippen LogP contribution in [-0.4, -0.2) is 4.98 Å². The van der Waals surface area contributed by atoms with Gasteiger partial charge in [0.15, 0.2) is 0 Å². The first-order chi connectivity index (χ1) is 5.27. The van der Waals surface area contributed by atoms with Crippen LogP contribution in [0.2, 0.25) is 0 Å². The summed E-state index contributed by atoms with van der Waals surface area (Å²) in [5.41, 5.74) is 2.34. The number of aryl methyl sites for hydroxylation is 1. The largest absolute Gasteiger partial charge is 0.242 e. The fraction of sp³-hybridized carbons (Fsp3) is 0.250. The average molecular weight is 211 g/mol. The van der Waals surface area contributed by atoms with Crippen LogP contribution in [0.3, 0.4) is 0 Å². The van der Waals surface area contributed by atoms with Gasteiger partial charge in [0.25, 0.3) is 0 Å². The molecule has 0 aliphatic carbocycles. The molecule has 3 heteroatoms. The molecule has 0 aliphatic rings. The van der Waals surface area contributed by atoms with Crippen molar-refractivity contribution in [1.29, 1.82) is 5.26 Å². The lowest BCUT2D eigenvalue weighted by molar-refractivity contribution is 1.13. The number of hydrogen-bond donors (Lipinski definition) is 0. The van der Waals surface area contributed by atoms with Gasteiger partial charge in [0.1, 0.15) is 11.8 Å². The summed E-state index contributed by atoms with van der Waals surface area (Å²) in [7, 11) is 0. The summed E-state index contributed by atoms with van der Waals surface area (Å²) in [5, 5.41) is 9.32. The highest BCUT2D eigenvalue weighted by Crippen LogP contribution is 2.09. The molecule has 0 aromatic carbocycles. The van der Waals surface area contributed by atoms with Gasteiger partial charge in [0.2, 0.25) is 0 Å². The maximum absolute atomic E-state index is 8.64. The van der Waals surface area contributed by atoms with Gasteiger partial charge >= 0.3 is 0 Å². The topological polar surface area (TPSA) is 36.7 Å². The molecule has 0 N–H and O–H groups in total. The summed E-state index contributed by atoms with van der Waals surface area (Å²) in [6.45, 7) is 1.87. The minimum Gasteiger partial charge on any atom is -0.242 e. The molecule has 1 rings (SSSR count). The molecule has 0 amide bonds. The lowest BCUT2D eigenvalue weighted by atomic mass is 10.2. The Morgan fingerprint density at radius 2 is 2.36 bits per heavy atom. The second kappa shape index (κ2) is 3.49. The molecule has 2 nitrogen and oxygen atoms in total. The first-order valence-corrected chi connectivity index (χ1v) is 4.32. The van der Waals surface area contributed by atoms with Gasteiger partial charge in [-0.2, -0.15) is 5.26 Å². The standard InChI is InChI=1S/C8H7BrN2/c1-6-2-3-7(4-9)8(5-10)11-6/h2-3H,4H2,1H3. The van der Waals surface area contributed by atoms with E-state index in [0.717, 1.165) is 11.3 Å². The molecule has 1 aromatic rings. The molecule has 0 unspecified atom stereocenters. The lowest BCUT2D eigenvalue weighted by Gasteiger charge is -1.98. The van der Waals surface area contributed by atoms with Gasteiger partial charge in [-0.25, -0.2) is 4.98 Å². The van der Waals surface area contributed by atoms with Crippen molar-refractivity contribution in [2.45, 2.75) is 12.3 Å². The molecule has 1 aromatic heterocycles.